The van der Waals surface area contributed by atoms with Gasteiger partial charge in [0.2, 0.25) is 0 Å². The van der Waals surface area contributed by atoms with Gasteiger partial charge in [-0.25, -0.2) is 0 Å². The zero-order chi connectivity index (χ0) is 13.0. The van der Waals surface area contributed by atoms with E-state index in [4.69, 9.17) is 9.47 Å². The molecule has 0 bridgehead atoms. The van der Waals surface area contributed by atoms with E-state index < -0.39 is 6.10 Å². The Labute approximate surface area is 109 Å². The Balaban J connectivity index is 1.98. The van der Waals surface area contributed by atoms with Crippen molar-refractivity contribution in [1.82, 2.24) is 0 Å². The second-order valence-electron chi connectivity index (χ2n) is 5.00. The molecular weight excluding hydrogens is 228 g/mol. The summed E-state index contributed by atoms with van der Waals surface area (Å²) >= 11 is 0. The predicted molar refractivity (Wildman–Crippen MR) is 70.9 cm³/mol. The molecular formula is C15H22O3. The molecule has 1 aromatic rings. The summed E-state index contributed by atoms with van der Waals surface area (Å²) in [6.45, 7) is 2.36. The minimum absolute atomic E-state index is 0.329. The van der Waals surface area contributed by atoms with Gasteiger partial charge in [-0.05, 0) is 31.9 Å². The van der Waals surface area contributed by atoms with Gasteiger partial charge in [0.1, 0.15) is 11.9 Å². The first-order valence-corrected chi connectivity index (χ1v) is 6.65. The first kappa shape index (κ1) is 13.4. The van der Waals surface area contributed by atoms with Crippen molar-refractivity contribution < 1.29 is 14.6 Å². The molecule has 0 spiro atoms. The lowest BCUT2D eigenvalue weighted by atomic mass is 10.1. The van der Waals surface area contributed by atoms with Gasteiger partial charge >= 0.3 is 0 Å². The zero-order valence-corrected chi connectivity index (χ0v) is 11.2. The predicted octanol–water partition coefficient (Wildman–Crippen LogP) is 3.00. The van der Waals surface area contributed by atoms with E-state index >= 15 is 0 Å². The normalized spacial score (nSPS) is 17.9. The van der Waals surface area contributed by atoms with E-state index in [0.717, 1.165) is 29.7 Å². The first-order chi connectivity index (χ1) is 8.70. The largest absolute Gasteiger partial charge is 0.496 e. The van der Waals surface area contributed by atoms with Crippen molar-refractivity contribution in [2.24, 2.45) is 0 Å². The van der Waals surface area contributed by atoms with Crippen LogP contribution in [0.1, 0.15) is 42.9 Å². The van der Waals surface area contributed by atoms with Crippen LogP contribution in [0.25, 0.3) is 0 Å². The van der Waals surface area contributed by atoms with Crippen molar-refractivity contribution in [3.05, 3.63) is 29.3 Å². The molecule has 0 saturated heterocycles. The van der Waals surface area contributed by atoms with E-state index in [1.165, 1.54) is 12.8 Å². The standard InChI is InChI=1S/C15H22O3/c1-11-7-8-15(17-2)13(9-11)14(16)10-18-12-5-3-4-6-12/h7-9,12,14,16H,3-6,10H2,1-2H3. The van der Waals surface area contributed by atoms with E-state index in [2.05, 4.69) is 0 Å². The lowest BCUT2D eigenvalue weighted by Crippen LogP contribution is -2.15. The van der Waals surface area contributed by atoms with Crippen LogP contribution in [-0.4, -0.2) is 24.9 Å². The van der Waals surface area contributed by atoms with E-state index in [-0.39, 0.29) is 0 Å². The monoisotopic (exact) mass is 250 g/mol. The lowest BCUT2D eigenvalue weighted by Gasteiger charge is -2.18. The molecule has 0 aromatic heterocycles. The molecule has 1 unspecified atom stereocenters. The third-order valence-corrected chi connectivity index (χ3v) is 3.54. The van der Waals surface area contributed by atoms with Gasteiger partial charge in [-0.1, -0.05) is 24.5 Å². The van der Waals surface area contributed by atoms with Crippen LogP contribution in [0.2, 0.25) is 0 Å². The number of aryl methyl sites for hydroxylation is 1. The minimum Gasteiger partial charge on any atom is -0.496 e. The maximum atomic E-state index is 10.2. The molecule has 18 heavy (non-hydrogen) atoms. The van der Waals surface area contributed by atoms with Crippen molar-refractivity contribution in [3.8, 4) is 5.75 Å². The molecule has 1 aliphatic rings. The molecule has 3 heteroatoms. The highest BCUT2D eigenvalue weighted by atomic mass is 16.5. The summed E-state index contributed by atoms with van der Waals surface area (Å²) in [6, 6.07) is 5.83. The maximum Gasteiger partial charge on any atom is 0.124 e. The third-order valence-electron chi connectivity index (χ3n) is 3.54. The molecule has 1 aromatic carbocycles. The van der Waals surface area contributed by atoms with Gasteiger partial charge < -0.3 is 14.6 Å². The molecule has 0 aliphatic heterocycles. The molecule has 1 saturated carbocycles. The molecule has 1 fully saturated rings. The second-order valence-corrected chi connectivity index (χ2v) is 5.00. The maximum absolute atomic E-state index is 10.2. The minimum atomic E-state index is -0.611. The van der Waals surface area contributed by atoms with Gasteiger partial charge in [0.05, 0.1) is 19.8 Å². The SMILES string of the molecule is COc1ccc(C)cc1C(O)COC1CCCC1. The number of ether oxygens (including phenoxy) is 2. The second kappa shape index (κ2) is 6.21. The van der Waals surface area contributed by atoms with E-state index in [1.807, 2.05) is 25.1 Å². The van der Waals surface area contributed by atoms with E-state index in [0.29, 0.717) is 12.7 Å². The van der Waals surface area contributed by atoms with Gasteiger partial charge in [0.25, 0.3) is 0 Å². The molecule has 2 rings (SSSR count). The van der Waals surface area contributed by atoms with Crippen molar-refractivity contribution in [2.75, 3.05) is 13.7 Å². The summed E-state index contributed by atoms with van der Waals surface area (Å²) in [4.78, 5) is 0. The summed E-state index contributed by atoms with van der Waals surface area (Å²) in [5, 5.41) is 10.2. The highest BCUT2D eigenvalue weighted by molar-refractivity contribution is 5.38. The highest BCUT2D eigenvalue weighted by Crippen LogP contribution is 2.28. The van der Waals surface area contributed by atoms with Gasteiger partial charge in [-0.2, -0.15) is 0 Å². The summed E-state index contributed by atoms with van der Waals surface area (Å²) < 4.78 is 11.0. The number of hydrogen-bond acceptors (Lipinski definition) is 3. The number of methoxy groups -OCH3 is 1. The smallest absolute Gasteiger partial charge is 0.124 e. The van der Waals surface area contributed by atoms with Crippen LogP contribution < -0.4 is 4.74 Å². The van der Waals surface area contributed by atoms with Crippen LogP contribution in [0, 0.1) is 6.92 Å². The summed E-state index contributed by atoms with van der Waals surface area (Å²) in [5.74, 6) is 0.725. The van der Waals surface area contributed by atoms with Crippen molar-refractivity contribution in [2.45, 2.75) is 44.8 Å². The Hall–Kier alpha value is -1.06. The van der Waals surface area contributed by atoms with Crippen LogP contribution >= 0.6 is 0 Å². The van der Waals surface area contributed by atoms with Crippen LogP contribution in [-0.2, 0) is 4.74 Å². The zero-order valence-electron chi connectivity index (χ0n) is 11.2. The average Bonchev–Trinajstić information content (AvgIpc) is 2.89. The van der Waals surface area contributed by atoms with Gasteiger partial charge in [-0.3, -0.25) is 0 Å². The molecule has 0 radical (unpaired) electrons. The van der Waals surface area contributed by atoms with Crippen LogP contribution in [0.5, 0.6) is 5.75 Å². The third kappa shape index (κ3) is 3.24. The molecule has 100 valence electrons. The molecule has 1 N–H and O–H groups in total. The van der Waals surface area contributed by atoms with Crippen LogP contribution in [0.15, 0.2) is 18.2 Å². The fraction of sp³-hybridized carbons (Fsp3) is 0.600. The first-order valence-electron chi connectivity index (χ1n) is 6.65. The van der Waals surface area contributed by atoms with Gasteiger partial charge in [0.15, 0.2) is 0 Å². The van der Waals surface area contributed by atoms with E-state index in [1.54, 1.807) is 7.11 Å². The molecule has 0 amide bonds. The highest BCUT2D eigenvalue weighted by Gasteiger charge is 2.19. The van der Waals surface area contributed by atoms with E-state index in [9.17, 15) is 5.11 Å². The van der Waals surface area contributed by atoms with Gasteiger partial charge in [-0.15, -0.1) is 0 Å². The number of rotatable bonds is 5. The summed E-state index contributed by atoms with van der Waals surface area (Å²) in [7, 11) is 1.62. The topological polar surface area (TPSA) is 38.7 Å². The molecule has 1 atom stereocenters. The Morgan fingerprint density at radius 1 is 1.33 bits per heavy atom. The Kier molecular flexibility index (Phi) is 4.61. The lowest BCUT2D eigenvalue weighted by molar-refractivity contribution is -0.00773. The molecule has 3 nitrogen and oxygen atoms in total. The van der Waals surface area contributed by atoms with Crippen LogP contribution in [0.3, 0.4) is 0 Å². The summed E-state index contributed by atoms with van der Waals surface area (Å²) in [5.41, 5.74) is 1.93. The Bertz CT molecular complexity index is 383. The van der Waals surface area contributed by atoms with Crippen molar-refractivity contribution in [1.29, 1.82) is 0 Å². The molecule has 0 heterocycles. The van der Waals surface area contributed by atoms with Crippen molar-refractivity contribution >= 4 is 0 Å². The number of aliphatic hydroxyl groups excluding tert-OH is 1. The fourth-order valence-electron chi connectivity index (χ4n) is 2.49. The van der Waals surface area contributed by atoms with Crippen LogP contribution in [0.4, 0.5) is 0 Å². The van der Waals surface area contributed by atoms with Gasteiger partial charge in [0, 0.05) is 5.56 Å². The number of hydrogen-bond donors (Lipinski definition) is 1. The Morgan fingerprint density at radius 2 is 2.06 bits per heavy atom. The Morgan fingerprint density at radius 3 is 2.72 bits per heavy atom. The summed E-state index contributed by atoms with van der Waals surface area (Å²) in [6.07, 6.45) is 4.45. The number of aliphatic hydroxyl groups is 1. The number of benzene rings is 1. The fourth-order valence-corrected chi connectivity index (χ4v) is 2.49. The quantitative estimate of drug-likeness (QED) is 0.873. The van der Waals surface area contributed by atoms with Crippen molar-refractivity contribution in [3.63, 3.8) is 0 Å². The molecule has 1 aliphatic carbocycles. The average molecular weight is 250 g/mol.